The van der Waals surface area contributed by atoms with Gasteiger partial charge in [-0.05, 0) is 42.3 Å². The van der Waals surface area contributed by atoms with Crippen LogP contribution in [0.2, 0.25) is 5.02 Å². The van der Waals surface area contributed by atoms with Gasteiger partial charge in [-0.3, -0.25) is 0 Å². The normalized spacial score (nSPS) is 16.2. The molecular formula is C21H20ClN3O. The summed E-state index contributed by atoms with van der Waals surface area (Å²) in [7, 11) is 0. The second kappa shape index (κ2) is 7.26. The Kier molecular flexibility index (Phi) is 4.67. The number of anilines is 1. The molecule has 5 heteroatoms. The molecule has 0 fully saturated rings. The van der Waals surface area contributed by atoms with E-state index >= 15 is 0 Å². The summed E-state index contributed by atoms with van der Waals surface area (Å²) in [5, 5.41) is 3.59. The molecule has 0 aliphatic carbocycles. The summed E-state index contributed by atoms with van der Waals surface area (Å²) >= 11 is 6.03. The van der Waals surface area contributed by atoms with Crippen molar-refractivity contribution in [2.24, 2.45) is 0 Å². The molecule has 1 aliphatic heterocycles. The Morgan fingerprint density at radius 3 is 2.69 bits per heavy atom. The maximum atomic E-state index is 13.0. The lowest BCUT2D eigenvalue weighted by Crippen LogP contribution is -2.44. The molecule has 1 atom stereocenters. The first kappa shape index (κ1) is 16.7. The highest BCUT2D eigenvalue weighted by Gasteiger charge is 2.31. The van der Waals surface area contributed by atoms with E-state index in [9.17, 15) is 4.79 Å². The van der Waals surface area contributed by atoms with Gasteiger partial charge < -0.3 is 14.8 Å². The topological polar surface area (TPSA) is 37.3 Å². The van der Waals surface area contributed by atoms with E-state index < -0.39 is 0 Å². The molecule has 3 aromatic rings. The number of urea groups is 1. The molecule has 1 unspecified atom stereocenters. The van der Waals surface area contributed by atoms with Crippen molar-refractivity contribution in [1.82, 2.24) is 9.47 Å². The molecule has 1 aliphatic rings. The van der Waals surface area contributed by atoms with Gasteiger partial charge in [0.1, 0.15) is 0 Å². The highest BCUT2D eigenvalue weighted by molar-refractivity contribution is 6.30. The van der Waals surface area contributed by atoms with Crippen molar-refractivity contribution in [2.75, 3.05) is 11.9 Å². The summed E-state index contributed by atoms with van der Waals surface area (Å²) < 4.78 is 2.23. The summed E-state index contributed by atoms with van der Waals surface area (Å²) in [4.78, 5) is 14.9. The second-order valence-electron chi connectivity index (χ2n) is 6.47. The monoisotopic (exact) mass is 365 g/mol. The fourth-order valence-electron chi connectivity index (χ4n) is 3.52. The van der Waals surface area contributed by atoms with Crippen LogP contribution in [0, 0.1) is 0 Å². The van der Waals surface area contributed by atoms with E-state index in [-0.39, 0.29) is 12.1 Å². The molecule has 1 aromatic heterocycles. The summed E-state index contributed by atoms with van der Waals surface area (Å²) in [5.74, 6) is 0. The van der Waals surface area contributed by atoms with Crippen molar-refractivity contribution in [1.29, 1.82) is 0 Å². The lowest BCUT2D eigenvalue weighted by molar-refractivity contribution is 0.167. The average Bonchev–Trinajstić information content (AvgIpc) is 3.12. The Bertz CT molecular complexity index is 906. The first-order chi connectivity index (χ1) is 12.7. The van der Waals surface area contributed by atoms with Gasteiger partial charge in [0.15, 0.2) is 0 Å². The first-order valence-electron chi connectivity index (χ1n) is 8.73. The van der Waals surface area contributed by atoms with Gasteiger partial charge in [0.05, 0.1) is 6.04 Å². The van der Waals surface area contributed by atoms with E-state index in [1.54, 1.807) is 12.1 Å². The number of aromatic nitrogens is 1. The van der Waals surface area contributed by atoms with E-state index in [0.717, 1.165) is 13.0 Å². The zero-order valence-electron chi connectivity index (χ0n) is 14.3. The standard InChI is InChI=1S/C21H20ClN3O/c22-17-8-4-9-18(15-17)23-21(26)25-13-12-24-11-5-10-19(24)20(25)14-16-6-2-1-3-7-16/h1-11,15,20H,12-14H2,(H,23,26). The SMILES string of the molecule is O=C(Nc1cccc(Cl)c1)N1CCn2cccc2C1Cc1ccccc1. The van der Waals surface area contributed by atoms with Crippen molar-refractivity contribution in [3.8, 4) is 0 Å². The van der Waals surface area contributed by atoms with Crippen LogP contribution in [-0.4, -0.2) is 22.0 Å². The van der Waals surface area contributed by atoms with Crippen LogP contribution in [0.25, 0.3) is 0 Å². The number of halogens is 1. The molecule has 0 spiro atoms. The van der Waals surface area contributed by atoms with Crippen molar-refractivity contribution in [3.05, 3.63) is 89.2 Å². The minimum atomic E-state index is -0.0966. The molecule has 2 heterocycles. The van der Waals surface area contributed by atoms with Crippen LogP contribution in [-0.2, 0) is 13.0 Å². The third-order valence-electron chi connectivity index (χ3n) is 4.77. The number of hydrogen-bond acceptors (Lipinski definition) is 1. The van der Waals surface area contributed by atoms with Crippen molar-refractivity contribution >= 4 is 23.3 Å². The van der Waals surface area contributed by atoms with Gasteiger partial charge in [0.2, 0.25) is 0 Å². The van der Waals surface area contributed by atoms with Crippen molar-refractivity contribution in [3.63, 3.8) is 0 Å². The molecule has 2 aromatic carbocycles. The smallest absolute Gasteiger partial charge is 0.322 e. The molecule has 132 valence electrons. The van der Waals surface area contributed by atoms with Crippen LogP contribution in [0.3, 0.4) is 0 Å². The Morgan fingerprint density at radius 1 is 1.04 bits per heavy atom. The van der Waals surface area contributed by atoms with Gasteiger partial charge in [0.25, 0.3) is 0 Å². The Hall–Kier alpha value is -2.72. The maximum absolute atomic E-state index is 13.0. The zero-order chi connectivity index (χ0) is 17.9. The lowest BCUT2D eigenvalue weighted by atomic mass is 10.0. The van der Waals surface area contributed by atoms with Crippen molar-refractivity contribution in [2.45, 2.75) is 19.0 Å². The predicted octanol–water partition coefficient (Wildman–Crippen LogP) is 4.97. The summed E-state index contributed by atoms with van der Waals surface area (Å²) in [6.45, 7) is 1.47. The van der Waals surface area contributed by atoms with Crippen LogP contribution in [0.4, 0.5) is 10.5 Å². The molecule has 0 bridgehead atoms. The van der Waals surface area contributed by atoms with Gasteiger partial charge in [-0.15, -0.1) is 0 Å². The van der Waals surface area contributed by atoms with E-state index in [1.807, 2.05) is 41.3 Å². The van der Waals surface area contributed by atoms with Gasteiger partial charge in [0, 0.05) is 35.7 Å². The van der Waals surface area contributed by atoms with Gasteiger partial charge >= 0.3 is 6.03 Å². The summed E-state index contributed by atoms with van der Waals surface area (Å²) in [5.41, 5.74) is 3.09. The Labute approximate surface area is 158 Å². The molecule has 2 amide bonds. The first-order valence-corrected chi connectivity index (χ1v) is 9.11. The van der Waals surface area contributed by atoms with E-state index in [2.05, 4.69) is 34.3 Å². The van der Waals surface area contributed by atoms with Crippen LogP contribution in [0.1, 0.15) is 17.3 Å². The number of benzene rings is 2. The average molecular weight is 366 g/mol. The van der Waals surface area contributed by atoms with Gasteiger partial charge in [-0.25, -0.2) is 4.79 Å². The van der Waals surface area contributed by atoms with E-state index in [4.69, 9.17) is 11.6 Å². The maximum Gasteiger partial charge on any atom is 0.322 e. The second-order valence-corrected chi connectivity index (χ2v) is 6.90. The molecule has 1 N–H and O–H groups in total. The van der Waals surface area contributed by atoms with Crippen LogP contribution in [0.15, 0.2) is 72.9 Å². The number of nitrogens with one attached hydrogen (secondary N) is 1. The number of amides is 2. The largest absolute Gasteiger partial charge is 0.348 e. The Morgan fingerprint density at radius 2 is 1.88 bits per heavy atom. The molecule has 0 saturated carbocycles. The van der Waals surface area contributed by atoms with E-state index in [0.29, 0.717) is 17.3 Å². The van der Waals surface area contributed by atoms with Crippen LogP contribution < -0.4 is 5.32 Å². The Balaban J connectivity index is 1.60. The number of carbonyl (C=O) groups is 1. The van der Waals surface area contributed by atoms with Gasteiger partial charge in [-0.1, -0.05) is 48.0 Å². The quantitative estimate of drug-likeness (QED) is 0.698. The van der Waals surface area contributed by atoms with E-state index in [1.165, 1.54) is 11.3 Å². The third-order valence-corrected chi connectivity index (χ3v) is 5.01. The number of rotatable bonds is 3. The third kappa shape index (κ3) is 3.46. The molecule has 0 radical (unpaired) electrons. The number of hydrogen-bond donors (Lipinski definition) is 1. The minimum absolute atomic E-state index is 0.000309. The minimum Gasteiger partial charge on any atom is -0.348 e. The fourth-order valence-corrected chi connectivity index (χ4v) is 3.71. The van der Waals surface area contributed by atoms with Crippen molar-refractivity contribution < 1.29 is 4.79 Å². The molecule has 26 heavy (non-hydrogen) atoms. The zero-order valence-corrected chi connectivity index (χ0v) is 15.1. The van der Waals surface area contributed by atoms with Crippen LogP contribution in [0.5, 0.6) is 0 Å². The number of carbonyl (C=O) groups excluding carboxylic acids is 1. The lowest BCUT2D eigenvalue weighted by Gasteiger charge is -2.37. The predicted molar refractivity (Wildman–Crippen MR) is 104 cm³/mol. The highest BCUT2D eigenvalue weighted by Crippen LogP contribution is 2.30. The van der Waals surface area contributed by atoms with Gasteiger partial charge in [-0.2, -0.15) is 0 Å². The molecule has 4 nitrogen and oxygen atoms in total. The highest BCUT2D eigenvalue weighted by atomic mass is 35.5. The molecule has 4 rings (SSSR count). The molecular weight excluding hydrogens is 346 g/mol. The summed E-state index contributed by atoms with van der Waals surface area (Å²) in [6.07, 6.45) is 2.87. The van der Waals surface area contributed by atoms with Crippen LogP contribution >= 0.6 is 11.6 Å². The number of fused-ring (bicyclic) bond motifs is 1. The summed E-state index contributed by atoms with van der Waals surface area (Å²) in [6, 6.07) is 21.6. The molecule has 0 saturated heterocycles. The number of nitrogens with zero attached hydrogens (tertiary/aromatic N) is 2. The fraction of sp³-hybridized carbons (Fsp3) is 0.190.